The fourth-order valence-electron chi connectivity index (χ4n) is 1.51. The summed E-state index contributed by atoms with van der Waals surface area (Å²) >= 11 is 17.6. The molecule has 0 aromatic heterocycles. The highest BCUT2D eigenvalue weighted by molar-refractivity contribution is 6.34. The van der Waals surface area contributed by atoms with E-state index in [1.165, 1.54) is 18.2 Å². The second-order valence-corrected chi connectivity index (χ2v) is 5.16. The highest BCUT2D eigenvalue weighted by Crippen LogP contribution is 2.24. The lowest BCUT2D eigenvalue weighted by Crippen LogP contribution is -2.03. The maximum absolute atomic E-state index is 11.7. The number of rotatable bonds is 3. The van der Waals surface area contributed by atoms with E-state index in [1.54, 1.807) is 24.3 Å². The van der Waals surface area contributed by atoms with Crippen LogP contribution in [-0.2, 0) is 4.79 Å². The molecular formula is C15H9Cl3O2. The summed E-state index contributed by atoms with van der Waals surface area (Å²) in [4.78, 5) is 11.7. The second-order valence-electron chi connectivity index (χ2n) is 3.88. The van der Waals surface area contributed by atoms with Crippen molar-refractivity contribution in [3.63, 3.8) is 0 Å². The molecule has 0 spiro atoms. The number of ether oxygens (including phenoxy) is 1. The molecule has 2 rings (SSSR count). The molecule has 0 radical (unpaired) electrons. The van der Waals surface area contributed by atoms with Gasteiger partial charge in [0.15, 0.2) is 0 Å². The van der Waals surface area contributed by atoms with Gasteiger partial charge in [-0.15, -0.1) is 0 Å². The largest absolute Gasteiger partial charge is 0.423 e. The van der Waals surface area contributed by atoms with Crippen molar-refractivity contribution in [2.45, 2.75) is 0 Å². The minimum atomic E-state index is -0.539. The Balaban J connectivity index is 2.07. The zero-order valence-corrected chi connectivity index (χ0v) is 12.4. The van der Waals surface area contributed by atoms with E-state index >= 15 is 0 Å². The summed E-state index contributed by atoms with van der Waals surface area (Å²) in [5.74, 6) is -0.250. The molecule has 2 aromatic rings. The van der Waals surface area contributed by atoms with Gasteiger partial charge in [0.2, 0.25) is 0 Å². The first-order valence-corrected chi connectivity index (χ1v) is 6.78. The van der Waals surface area contributed by atoms with Crippen LogP contribution < -0.4 is 4.74 Å². The summed E-state index contributed by atoms with van der Waals surface area (Å²) in [5.41, 5.74) is 0.732. The van der Waals surface area contributed by atoms with Crippen LogP contribution >= 0.6 is 34.8 Å². The van der Waals surface area contributed by atoms with E-state index < -0.39 is 5.97 Å². The van der Waals surface area contributed by atoms with Crippen molar-refractivity contribution >= 4 is 46.8 Å². The number of benzene rings is 2. The molecule has 2 aromatic carbocycles. The van der Waals surface area contributed by atoms with E-state index in [9.17, 15) is 4.79 Å². The maximum atomic E-state index is 11.7. The van der Waals surface area contributed by atoms with E-state index in [0.29, 0.717) is 15.1 Å². The fraction of sp³-hybridized carbons (Fsp3) is 0. The van der Waals surface area contributed by atoms with Crippen molar-refractivity contribution in [2.24, 2.45) is 0 Å². The number of hydrogen-bond acceptors (Lipinski definition) is 2. The average molecular weight is 328 g/mol. The summed E-state index contributed by atoms with van der Waals surface area (Å²) in [6.45, 7) is 0. The second kappa shape index (κ2) is 6.80. The first-order valence-electron chi connectivity index (χ1n) is 5.65. The Morgan fingerprint density at radius 1 is 1.00 bits per heavy atom. The predicted octanol–water partition coefficient (Wildman–Crippen LogP) is 5.27. The van der Waals surface area contributed by atoms with Crippen molar-refractivity contribution in [1.82, 2.24) is 0 Å². The van der Waals surface area contributed by atoms with Gasteiger partial charge in [0, 0.05) is 21.1 Å². The smallest absolute Gasteiger partial charge is 0.336 e. The van der Waals surface area contributed by atoms with Crippen LogP contribution in [0.5, 0.6) is 5.75 Å². The van der Waals surface area contributed by atoms with Crippen LogP contribution in [-0.4, -0.2) is 5.97 Å². The topological polar surface area (TPSA) is 26.3 Å². The molecule has 0 aliphatic rings. The van der Waals surface area contributed by atoms with E-state index in [2.05, 4.69) is 0 Å². The van der Waals surface area contributed by atoms with E-state index in [-0.39, 0.29) is 5.75 Å². The first-order chi connectivity index (χ1) is 9.54. The van der Waals surface area contributed by atoms with Crippen molar-refractivity contribution in [3.8, 4) is 5.75 Å². The van der Waals surface area contributed by atoms with Crippen LogP contribution in [0.4, 0.5) is 0 Å². The molecule has 2 nitrogen and oxygen atoms in total. The number of esters is 1. The third kappa shape index (κ3) is 4.27. The Morgan fingerprint density at radius 2 is 1.65 bits per heavy atom. The molecule has 5 heteroatoms. The van der Waals surface area contributed by atoms with Gasteiger partial charge in [0.25, 0.3) is 0 Å². The predicted molar refractivity (Wildman–Crippen MR) is 82.6 cm³/mol. The lowest BCUT2D eigenvalue weighted by Gasteiger charge is -2.02. The fourth-order valence-corrected chi connectivity index (χ4v) is 2.21. The Bertz CT molecular complexity index is 646. The summed E-state index contributed by atoms with van der Waals surface area (Å²) in [5, 5.41) is 1.35. The molecule has 102 valence electrons. The minimum Gasteiger partial charge on any atom is -0.423 e. The highest BCUT2D eigenvalue weighted by atomic mass is 35.5. The van der Waals surface area contributed by atoms with Gasteiger partial charge in [-0.25, -0.2) is 4.79 Å². The lowest BCUT2D eigenvalue weighted by molar-refractivity contribution is -0.128. The normalized spacial score (nSPS) is 10.8. The van der Waals surface area contributed by atoms with Crippen LogP contribution in [0.3, 0.4) is 0 Å². The molecule has 0 saturated carbocycles. The quantitative estimate of drug-likeness (QED) is 0.436. The number of halogens is 3. The van der Waals surface area contributed by atoms with Gasteiger partial charge in [-0.05, 0) is 35.9 Å². The number of hydrogen-bond donors (Lipinski definition) is 0. The molecular weight excluding hydrogens is 319 g/mol. The average Bonchev–Trinajstić information content (AvgIpc) is 2.36. The van der Waals surface area contributed by atoms with Crippen molar-refractivity contribution in [1.29, 1.82) is 0 Å². The van der Waals surface area contributed by atoms with E-state index in [1.807, 2.05) is 12.1 Å². The van der Waals surface area contributed by atoms with Gasteiger partial charge in [0.05, 0.1) is 0 Å². The highest BCUT2D eigenvalue weighted by Gasteiger charge is 2.04. The molecule has 0 unspecified atom stereocenters. The first kappa shape index (κ1) is 14.9. The molecule has 0 atom stereocenters. The van der Waals surface area contributed by atoms with Crippen molar-refractivity contribution < 1.29 is 9.53 Å². The Morgan fingerprint density at radius 3 is 2.30 bits per heavy atom. The summed E-state index contributed by atoms with van der Waals surface area (Å²) in [6.07, 6.45) is 2.87. The van der Waals surface area contributed by atoms with Gasteiger partial charge >= 0.3 is 5.97 Å². The molecule has 0 N–H and O–H groups in total. The van der Waals surface area contributed by atoms with E-state index in [0.717, 1.165) is 5.56 Å². The SMILES string of the molecule is O=C(/C=C/c1ccccc1Cl)Oc1cc(Cl)cc(Cl)c1. The van der Waals surface area contributed by atoms with Crippen LogP contribution in [0.25, 0.3) is 6.08 Å². The zero-order chi connectivity index (χ0) is 14.5. The zero-order valence-electron chi connectivity index (χ0n) is 10.1. The van der Waals surface area contributed by atoms with Crippen molar-refractivity contribution in [2.75, 3.05) is 0 Å². The third-order valence-electron chi connectivity index (χ3n) is 2.36. The lowest BCUT2D eigenvalue weighted by atomic mass is 10.2. The summed E-state index contributed by atoms with van der Waals surface area (Å²) in [7, 11) is 0. The van der Waals surface area contributed by atoms with Crippen LogP contribution in [0.1, 0.15) is 5.56 Å². The number of carbonyl (C=O) groups excluding carboxylic acids is 1. The Labute approximate surface area is 131 Å². The molecule has 0 aliphatic heterocycles. The van der Waals surface area contributed by atoms with Gasteiger partial charge in [-0.2, -0.15) is 0 Å². The van der Waals surface area contributed by atoms with Crippen LogP contribution in [0.15, 0.2) is 48.5 Å². The molecule has 0 amide bonds. The third-order valence-corrected chi connectivity index (χ3v) is 3.14. The monoisotopic (exact) mass is 326 g/mol. The molecule has 0 saturated heterocycles. The minimum absolute atomic E-state index is 0.288. The van der Waals surface area contributed by atoms with Gasteiger partial charge < -0.3 is 4.74 Å². The standard InChI is InChI=1S/C15H9Cl3O2/c16-11-7-12(17)9-13(8-11)20-15(19)6-5-10-3-1-2-4-14(10)18/h1-9H/b6-5+. The Kier molecular flexibility index (Phi) is 5.07. The van der Waals surface area contributed by atoms with Crippen molar-refractivity contribution in [3.05, 3.63) is 69.2 Å². The molecule has 0 aliphatic carbocycles. The maximum Gasteiger partial charge on any atom is 0.336 e. The Hall–Kier alpha value is -1.48. The van der Waals surface area contributed by atoms with E-state index in [4.69, 9.17) is 39.5 Å². The van der Waals surface area contributed by atoms with Crippen LogP contribution in [0, 0.1) is 0 Å². The molecule has 0 fully saturated rings. The molecule has 20 heavy (non-hydrogen) atoms. The van der Waals surface area contributed by atoms with Gasteiger partial charge in [-0.1, -0.05) is 53.0 Å². The summed E-state index contributed by atoms with van der Waals surface area (Å²) in [6, 6.07) is 11.7. The van der Waals surface area contributed by atoms with Crippen LogP contribution in [0.2, 0.25) is 15.1 Å². The molecule has 0 heterocycles. The summed E-state index contributed by atoms with van der Waals surface area (Å²) < 4.78 is 5.10. The van der Waals surface area contributed by atoms with Gasteiger partial charge in [0.1, 0.15) is 5.75 Å². The number of carbonyl (C=O) groups is 1. The van der Waals surface area contributed by atoms with Gasteiger partial charge in [-0.3, -0.25) is 0 Å². The molecule has 0 bridgehead atoms.